The molecule has 0 aliphatic carbocycles. The van der Waals surface area contributed by atoms with Crippen molar-refractivity contribution in [3.63, 3.8) is 0 Å². The molecule has 0 spiro atoms. The van der Waals surface area contributed by atoms with Gasteiger partial charge in [-0.05, 0) is 55.2 Å². The zero-order valence-electron chi connectivity index (χ0n) is 18.8. The molecule has 32 heavy (non-hydrogen) atoms. The van der Waals surface area contributed by atoms with Gasteiger partial charge in [0.1, 0.15) is 11.9 Å². The van der Waals surface area contributed by atoms with Gasteiger partial charge in [0, 0.05) is 17.5 Å². The second-order valence-corrected chi connectivity index (χ2v) is 8.21. The van der Waals surface area contributed by atoms with Crippen LogP contribution in [0.2, 0.25) is 0 Å². The number of fused-ring (bicyclic) bond motifs is 1. The molecule has 4 nitrogen and oxygen atoms in total. The van der Waals surface area contributed by atoms with E-state index >= 15 is 0 Å². The summed E-state index contributed by atoms with van der Waals surface area (Å²) in [7, 11) is 3.46. The molecular weight excluding hydrogens is 396 g/mol. The number of para-hydroxylation sites is 3. The monoisotopic (exact) mass is 425 g/mol. The van der Waals surface area contributed by atoms with E-state index < -0.39 is 0 Å². The predicted molar refractivity (Wildman–Crippen MR) is 127 cm³/mol. The van der Waals surface area contributed by atoms with Crippen molar-refractivity contribution in [1.29, 1.82) is 0 Å². The zero-order chi connectivity index (χ0) is 21.9. The van der Waals surface area contributed by atoms with E-state index in [1.165, 1.54) is 36.3 Å². The number of hydrogen-bond donors (Lipinski definition) is 0. The van der Waals surface area contributed by atoms with Gasteiger partial charge in [-0.3, -0.25) is 0 Å². The van der Waals surface area contributed by atoms with E-state index in [0.29, 0.717) is 0 Å². The Morgan fingerprint density at radius 2 is 1.41 bits per heavy atom. The summed E-state index contributed by atoms with van der Waals surface area (Å²) >= 11 is 0. The lowest BCUT2D eigenvalue weighted by atomic mass is 10.0. The summed E-state index contributed by atoms with van der Waals surface area (Å²) in [5.74, 6) is 3.13. The van der Waals surface area contributed by atoms with Gasteiger partial charge in [-0.1, -0.05) is 42.5 Å². The topological polar surface area (TPSA) is 27.3 Å². The highest BCUT2D eigenvalue weighted by molar-refractivity contribution is 5.73. The summed E-state index contributed by atoms with van der Waals surface area (Å²) in [5, 5.41) is 0. The van der Waals surface area contributed by atoms with Crippen molar-refractivity contribution in [2.75, 3.05) is 14.2 Å². The van der Waals surface area contributed by atoms with E-state index in [-0.39, 0.29) is 0 Å². The standard InChI is InChI=1S/C28H29N2O2/c1-31-26-12-7-5-10-23(26)21-15-17-22(18-16-21)25-20-30(24-11-6-8-13-27(24)32-2)28-14-4-3-9-19-29(25)28/h5-8,10-13,15-18,20H,3-4,9,14,19H2,1-2H3/q+1. The number of methoxy groups -OCH3 is 2. The van der Waals surface area contributed by atoms with Crippen molar-refractivity contribution in [1.82, 2.24) is 4.57 Å². The molecule has 4 aromatic rings. The van der Waals surface area contributed by atoms with Crippen molar-refractivity contribution >= 4 is 0 Å². The molecule has 0 N–H and O–H groups in total. The van der Waals surface area contributed by atoms with Crippen LogP contribution < -0.4 is 14.0 Å². The normalized spacial score (nSPS) is 13.3. The van der Waals surface area contributed by atoms with E-state index in [1.807, 2.05) is 24.3 Å². The molecule has 162 valence electrons. The summed E-state index contributed by atoms with van der Waals surface area (Å²) in [6, 6.07) is 25.3. The molecule has 0 amide bonds. The number of ether oxygens (including phenoxy) is 2. The third-order valence-electron chi connectivity index (χ3n) is 6.36. The Bertz CT molecular complexity index is 1220. The van der Waals surface area contributed by atoms with Gasteiger partial charge in [0.05, 0.1) is 20.8 Å². The third-order valence-corrected chi connectivity index (χ3v) is 6.36. The lowest BCUT2D eigenvalue weighted by Crippen LogP contribution is -2.34. The van der Waals surface area contributed by atoms with Crippen molar-refractivity contribution in [3.8, 4) is 39.6 Å². The smallest absolute Gasteiger partial charge is 0.262 e. The Morgan fingerprint density at radius 1 is 0.719 bits per heavy atom. The van der Waals surface area contributed by atoms with Crippen LogP contribution in [0.25, 0.3) is 28.1 Å². The molecule has 0 fully saturated rings. The first-order chi connectivity index (χ1) is 15.8. The second kappa shape index (κ2) is 8.91. The fraction of sp³-hybridized carbons (Fsp3) is 0.250. The maximum absolute atomic E-state index is 5.68. The van der Waals surface area contributed by atoms with Crippen LogP contribution in [0.1, 0.15) is 25.1 Å². The van der Waals surface area contributed by atoms with Gasteiger partial charge >= 0.3 is 0 Å². The first kappa shape index (κ1) is 20.4. The number of hydrogen-bond acceptors (Lipinski definition) is 2. The van der Waals surface area contributed by atoms with E-state index in [1.54, 1.807) is 14.2 Å². The number of aromatic nitrogens is 2. The van der Waals surface area contributed by atoms with Crippen LogP contribution >= 0.6 is 0 Å². The fourth-order valence-electron chi connectivity index (χ4n) is 4.74. The maximum atomic E-state index is 5.68. The lowest BCUT2D eigenvalue weighted by Gasteiger charge is -2.09. The summed E-state index contributed by atoms with van der Waals surface area (Å²) in [6.07, 6.45) is 7.03. The Labute approximate surface area is 189 Å². The Hall–Kier alpha value is -3.53. The lowest BCUT2D eigenvalue weighted by molar-refractivity contribution is -0.604. The van der Waals surface area contributed by atoms with Gasteiger partial charge in [-0.15, -0.1) is 0 Å². The van der Waals surface area contributed by atoms with Gasteiger partial charge < -0.3 is 9.47 Å². The van der Waals surface area contributed by atoms with Crippen molar-refractivity contribution in [3.05, 3.63) is 84.8 Å². The fourth-order valence-corrected chi connectivity index (χ4v) is 4.74. The second-order valence-electron chi connectivity index (χ2n) is 8.21. The molecule has 2 heterocycles. The van der Waals surface area contributed by atoms with Crippen molar-refractivity contribution in [2.45, 2.75) is 32.2 Å². The summed E-state index contributed by atoms with van der Waals surface area (Å²) in [4.78, 5) is 0. The molecule has 0 bridgehead atoms. The molecule has 0 atom stereocenters. The van der Waals surface area contributed by atoms with Crippen LogP contribution in [0.3, 0.4) is 0 Å². The quantitative estimate of drug-likeness (QED) is 0.376. The van der Waals surface area contributed by atoms with Crippen LogP contribution in [0.5, 0.6) is 11.5 Å². The molecule has 5 rings (SSSR count). The average molecular weight is 426 g/mol. The minimum Gasteiger partial charge on any atom is -0.496 e. The summed E-state index contributed by atoms with van der Waals surface area (Å²) in [5.41, 5.74) is 5.84. The molecular formula is C28H29N2O2+. The number of nitrogens with zero attached hydrogens (tertiary/aromatic N) is 2. The molecule has 1 aliphatic rings. The highest BCUT2D eigenvalue weighted by Gasteiger charge is 2.28. The molecule has 3 aromatic carbocycles. The molecule has 0 unspecified atom stereocenters. The number of rotatable bonds is 5. The highest BCUT2D eigenvalue weighted by Crippen LogP contribution is 2.32. The van der Waals surface area contributed by atoms with Gasteiger partial charge in [-0.2, -0.15) is 4.57 Å². The summed E-state index contributed by atoms with van der Waals surface area (Å²) in [6.45, 7) is 1.04. The van der Waals surface area contributed by atoms with Crippen molar-refractivity contribution in [2.24, 2.45) is 0 Å². The minimum atomic E-state index is 0.894. The van der Waals surface area contributed by atoms with Crippen molar-refractivity contribution < 1.29 is 14.0 Å². The number of benzene rings is 3. The molecule has 4 heteroatoms. The van der Waals surface area contributed by atoms with Gasteiger partial charge in [0.2, 0.25) is 0 Å². The van der Waals surface area contributed by atoms with E-state index in [9.17, 15) is 0 Å². The summed E-state index contributed by atoms with van der Waals surface area (Å²) < 4.78 is 16.1. The first-order valence-corrected chi connectivity index (χ1v) is 11.3. The minimum absolute atomic E-state index is 0.894. The van der Waals surface area contributed by atoms with Gasteiger partial charge in [-0.25, -0.2) is 4.57 Å². The maximum Gasteiger partial charge on any atom is 0.262 e. The largest absolute Gasteiger partial charge is 0.496 e. The van der Waals surface area contributed by atoms with Crippen LogP contribution in [-0.4, -0.2) is 18.8 Å². The van der Waals surface area contributed by atoms with Crippen LogP contribution in [-0.2, 0) is 13.0 Å². The molecule has 0 saturated carbocycles. The van der Waals surface area contributed by atoms with E-state index in [4.69, 9.17) is 9.47 Å². The van der Waals surface area contributed by atoms with Crippen LogP contribution in [0.4, 0.5) is 0 Å². The molecule has 1 aliphatic heterocycles. The molecule has 0 saturated heterocycles. The van der Waals surface area contributed by atoms with Gasteiger partial charge in [0.25, 0.3) is 5.82 Å². The first-order valence-electron chi connectivity index (χ1n) is 11.3. The number of imidazole rings is 1. The Kier molecular flexibility index (Phi) is 5.68. The zero-order valence-corrected chi connectivity index (χ0v) is 18.8. The van der Waals surface area contributed by atoms with Crippen LogP contribution in [0, 0.1) is 0 Å². The average Bonchev–Trinajstić information content (AvgIpc) is 3.04. The Balaban J connectivity index is 1.60. The molecule has 0 radical (unpaired) electrons. The molecule has 1 aromatic heterocycles. The van der Waals surface area contributed by atoms with E-state index in [0.717, 1.165) is 41.3 Å². The van der Waals surface area contributed by atoms with E-state index in [2.05, 4.69) is 63.9 Å². The van der Waals surface area contributed by atoms with Gasteiger partial charge in [0.15, 0.2) is 17.1 Å². The third kappa shape index (κ3) is 3.66. The highest BCUT2D eigenvalue weighted by atomic mass is 16.5. The Morgan fingerprint density at radius 3 is 2.19 bits per heavy atom. The van der Waals surface area contributed by atoms with Crippen LogP contribution in [0.15, 0.2) is 79.0 Å². The predicted octanol–water partition coefficient (Wildman–Crippen LogP) is 5.84. The SMILES string of the molecule is COc1ccccc1-c1ccc(-c2c[n+](-c3ccccc3OC)c3n2CCCCC3)cc1.